The van der Waals surface area contributed by atoms with Crippen molar-refractivity contribution < 1.29 is 34.2 Å². The highest BCUT2D eigenvalue weighted by Gasteiger charge is 2.54. The van der Waals surface area contributed by atoms with Gasteiger partial charge in [-0.1, -0.05) is 28.3 Å². The summed E-state index contributed by atoms with van der Waals surface area (Å²) in [4.78, 5) is 58.3. The number of thioether (sulfide) groups is 2. The Balaban J connectivity index is 1.47. The molecular formula is C18H16N6O7S4. The molecule has 2 atom stereocenters. The fraction of sp³-hybridized carbons (Fsp3) is 0.333. The largest absolute Gasteiger partial charge is 0.479 e. The zero-order chi connectivity index (χ0) is 25.1. The molecule has 0 bridgehead atoms. The number of nitrogens with zero attached hydrogens (tertiary/aromatic N) is 5. The van der Waals surface area contributed by atoms with Crippen LogP contribution in [0.1, 0.15) is 10.7 Å². The molecule has 0 radical (unpaired) electrons. The molecule has 2 aromatic heterocycles. The Hall–Kier alpha value is -3.02. The van der Waals surface area contributed by atoms with E-state index in [0.717, 1.165) is 5.01 Å². The number of amides is 2. The summed E-state index contributed by atoms with van der Waals surface area (Å²) in [5.74, 6) is -3.21. The zero-order valence-electron chi connectivity index (χ0n) is 17.7. The molecule has 1 unspecified atom stereocenters. The van der Waals surface area contributed by atoms with Crippen molar-refractivity contribution in [3.63, 3.8) is 0 Å². The lowest BCUT2D eigenvalue weighted by Crippen LogP contribution is -2.71. The van der Waals surface area contributed by atoms with Gasteiger partial charge in [-0.2, -0.15) is 0 Å². The Kier molecular flexibility index (Phi) is 7.68. The maximum Gasteiger partial charge on any atom is 0.352 e. The minimum Gasteiger partial charge on any atom is -0.479 e. The van der Waals surface area contributed by atoms with Gasteiger partial charge >= 0.3 is 11.9 Å². The Morgan fingerprint density at radius 1 is 1.34 bits per heavy atom. The number of hydrogen-bond acceptors (Lipinski definition) is 13. The third kappa shape index (κ3) is 5.47. The molecule has 1 saturated heterocycles. The standard InChI is InChI=1S/C18H16N6O7S4/c1-7-21-22-18(35-7)34-4-8-3-33-16-12(15(28)24(16)13(8)17(29)30)20-14(27)11(9-5-32-6-19-9)23-31-2-10(25)26/h5-6,12,16H,2-4H2,1H3,(H,20,27)(H,25,26)(H,29,30)/t12?,16-/m1/s1. The normalized spacial score (nSPS) is 19.7. The van der Waals surface area contributed by atoms with Crippen LogP contribution in [0.15, 0.2) is 31.7 Å². The van der Waals surface area contributed by atoms with Crippen LogP contribution in [0.25, 0.3) is 0 Å². The Bertz CT molecular complexity index is 1230. The second-order valence-electron chi connectivity index (χ2n) is 6.97. The van der Waals surface area contributed by atoms with E-state index in [0.29, 0.717) is 21.4 Å². The molecule has 3 N–H and O–H groups in total. The SMILES string of the molecule is Cc1nnc(SCC2=C(C(=O)O)N3C(=O)C(NC(=O)C(=NOCC(=O)O)c4cscn4)[C@H]3SC2)s1. The molecule has 0 aliphatic carbocycles. The summed E-state index contributed by atoms with van der Waals surface area (Å²) in [6.45, 7) is 1.06. The van der Waals surface area contributed by atoms with Gasteiger partial charge in [0, 0.05) is 16.9 Å². The first-order valence-electron chi connectivity index (χ1n) is 9.70. The van der Waals surface area contributed by atoms with E-state index in [2.05, 4.69) is 25.7 Å². The van der Waals surface area contributed by atoms with Crippen LogP contribution in [0.4, 0.5) is 0 Å². The molecule has 184 valence electrons. The molecule has 2 aromatic rings. The van der Waals surface area contributed by atoms with Gasteiger partial charge in [0.05, 0.1) is 5.51 Å². The summed E-state index contributed by atoms with van der Waals surface area (Å²) >= 11 is 5.26. The molecule has 2 amide bonds. The summed E-state index contributed by atoms with van der Waals surface area (Å²) in [6.07, 6.45) is 0. The first kappa shape index (κ1) is 25.1. The number of carbonyl (C=O) groups is 4. The van der Waals surface area contributed by atoms with E-state index in [4.69, 9.17) is 9.94 Å². The predicted molar refractivity (Wildman–Crippen MR) is 127 cm³/mol. The number of carboxylic acid groups (broad SMARTS) is 2. The van der Waals surface area contributed by atoms with Crippen LogP contribution in [0.5, 0.6) is 0 Å². The van der Waals surface area contributed by atoms with Gasteiger partial charge in [-0.3, -0.25) is 14.5 Å². The number of aliphatic carboxylic acids is 2. The number of thiazole rings is 1. The van der Waals surface area contributed by atoms with Crippen LogP contribution in [0.2, 0.25) is 0 Å². The summed E-state index contributed by atoms with van der Waals surface area (Å²) in [5, 5.41) is 34.3. The number of oxime groups is 1. The minimum atomic E-state index is -1.28. The van der Waals surface area contributed by atoms with Crippen molar-refractivity contribution in [1.82, 2.24) is 25.4 Å². The molecule has 4 heterocycles. The monoisotopic (exact) mass is 556 g/mol. The van der Waals surface area contributed by atoms with Crippen LogP contribution in [-0.2, 0) is 24.0 Å². The van der Waals surface area contributed by atoms with Crippen molar-refractivity contribution in [3.8, 4) is 0 Å². The van der Waals surface area contributed by atoms with E-state index in [9.17, 15) is 24.3 Å². The maximum atomic E-state index is 12.9. The zero-order valence-corrected chi connectivity index (χ0v) is 21.0. The van der Waals surface area contributed by atoms with E-state index >= 15 is 0 Å². The lowest BCUT2D eigenvalue weighted by molar-refractivity contribution is -0.150. The van der Waals surface area contributed by atoms with Gasteiger partial charge in [-0.25, -0.2) is 14.6 Å². The van der Waals surface area contributed by atoms with Crippen molar-refractivity contribution in [3.05, 3.63) is 32.9 Å². The molecule has 2 aliphatic heterocycles. The molecule has 4 rings (SSSR count). The minimum absolute atomic E-state index is 0.101. The van der Waals surface area contributed by atoms with E-state index in [-0.39, 0.29) is 17.1 Å². The number of carbonyl (C=O) groups excluding carboxylic acids is 2. The van der Waals surface area contributed by atoms with E-state index in [1.165, 1.54) is 62.0 Å². The highest BCUT2D eigenvalue weighted by Crippen LogP contribution is 2.41. The second-order valence-corrected chi connectivity index (χ2v) is 11.2. The summed E-state index contributed by atoms with van der Waals surface area (Å²) in [6, 6.07) is -0.995. The highest BCUT2D eigenvalue weighted by atomic mass is 32.2. The van der Waals surface area contributed by atoms with E-state index in [1.807, 2.05) is 6.92 Å². The predicted octanol–water partition coefficient (Wildman–Crippen LogP) is 0.639. The summed E-state index contributed by atoms with van der Waals surface area (Å²) in [5.41, 5.74) is 1.78. The summed E-state index contributed by atoms with van der Waals surface area (Å²) < 4.78 is 0.700. The van der Waals surface area contributed by atoms with Gasteiger partial charge in [-0.05, 0) is 12.5 Å². The molecule has 0 aromatic carbocycles. The van der Waals surface area contributed by atoms with Crippen molar-refractivity contribution in [2.24, 2.45) is 5.16 Å². The third-order valence-corrected chi connectivity index (χ3v) is 8.63. The number of carboxylic acids is 2. The number of aromatic nitrogens is 3. The van der Waals surface area contributed by atoms with Crippen molar-refractivity contribution in [2.45, 2.75) is 22.7 Å². The number of rotatable bonds is 10. The molecule has 35 heavy (non-hydrogen) atoms. The molecule has 13 nitrogen and oxygen atoms in total. The van der Waals surface area contributed by atoms with Crippen LogP contribution >= 0.6 is 46.2 Å². The molecule has 0 spiro atoms. The maximum absolute atomic E-state index is 12.9. The van der Waals surface area contributed by atoms with Crippen molar-refractivity contribution >= 4 is 75.7 Å². The van der Waals surface area contributed by atoms with Crippen LogP contribution in [0, 0.1) is 6.92 Å². The molecule has 17 heteroatoms. The lowest BCUT2D eigenvalue weighted by Gasteiger charge is -2.49. The Labute approximate surface area is 213 Å². The van der Waals surface area contributed by atoms with Crippen LogP contribution in [0.3, 0.4) is 0 Å². The van der Waals surface area contributed by atoms with Gasteiger partial charge in [0.15, 0.2) is 10.1 Å². The molecule has 0 saturated carbocycles. The number of hydrogen-bond donors (Lipinski definition) is 3. The van der Waals surface area contributed by atoms with Crippen LogP contribution < -0.4 is 5.32 Å². The number of nitrogens with one attached hydrogen (secondary N) is 1. The third-order valence-electron chi connectivity index (χ3n) is 4.65. The topological polar surface area (TPSA) is 184 Å². The van der Waals surface area contributed by atoms with Gasteiger partial charge in [-0.15, -0.1) is 33.3 Å². The number of aryl methyl sites for hydroxylation is 1. The van der Waals surface area contributed by atoms with Gasteiger partial charge in [0.2, 0.25) is 6.61 Å². The van der Waals surface area contributed by atoms with Gasteiger partial charge in [0.1, 0.15) is 27.8 Å². The molecular weight excluding hydrogens is 541 g/mol. The van der Waals surface area contributed by atoms with Gasteiger partial charge in [0.25, 0.3) is 11.8 Å². The smallest absolute Gasteiger partial charge is 0.352 e. The Morgan fingerprint density at radius 3 is 2.77 bits per heavy atom. The average molecular weight is 557 g/mol. The fourth-order valence-corrected chi connectivity index (χ4v) is 7.01. The van der Waals surface area contributed by atoms with E-state index < -0.39 is 41.8 Å². The highest BCUT2D eigenvalue weighted by molar-refractivity contribution is 8.01. The first-order chi connectivity index (χ1) is 16.8. The second kappa shape index (κ2) is 10.7. The van der Waals surface area contributed by atoms with Crippen molar-refractivity contribution in [2.75, 3.05) is 18.1 Å². The number of fused-ring (bicyclic) bond motifs is 1. The van der Waals surface area contributed by atoms with Crippen LogP contribution in [-0.4, -0.2) is 89.3 Å². The van der Waals surface area contributed by atoms with E-state index in [1.54, 1.807) is 0 Å². The quantitative estimate of drug-likeness (QED) is 0.161. The first-order valence-corrected chi connectivity index (χ1v) is 13.5. The molecule has 2 aliphatic rings. The van der Waals surface area contributed by atoms with Gasteiger partial charge < -0.3 is 20.4 Å². The molecule has 1 fully saturated rings. The fourth-order valence-electron chi connectivity index (χ4n) is 3.18. The van der Waals surface area contributed by atoms with Crippen molar-refractivity contribution in [1.29, 1.82) is 0 Å². The number of β-lactam (4-membered cyclic amide) rings is 1. The lowest BCUT2D eigenvalue weighted by atomic mass is 10.0. The Morgan fingerprint density at radius 2 is 2.14 bits per heavy atom. The average Bonchev–Trinajstić information content (AvgIpc) is 3.49. The summed E-state index contributed by atoms with van der Waals surface area (Å²) in [7, 11) is 0.